The van der Waals surface area contributed by atoms with Crippen molar-refractivity contribution in [2.45, 2.75) is 31.1 Å². The fraction of sp³-hybridized carbons (Fsp3) is 0.375. The molecule has 1 fully saturated rings. The van der Waals surface area contributed by atoms with Crippen molar-refractivity contribution in [2.75, 3.05) is 11.9 Å². The lowest BCUT2D eigenvalue weighted by Crippen LogP contribution is -2.32. The molecule has 20 heavy (non-hydrogen) atoms. The Labute approximate surface area is 118 Å². The maximum absolute atomic E-state index is 14.2. The van der Waals surface area contributed by atoms with Crippen LogP contribution in [-0.4, -0.2) is 16.5 Å². The van der Waals surface area contributed by atoms with E-state index in [1.165, 1.54) is 0 Å². The average Bonchev–Trinajstić information content (AvgIpc) is 2.97. The molecule has 1 N–H and O–H groups in total. The lowest BCUT2D eigenvalue weighted by molar-refractivity contribution is 0.437. The number of rotatable bonds is 4. The SMILES string of the molecule is Fc1ccccc1C1(CNc2ncccn2)CCCC1. The van der Waals surface area contributed by atoms with Crippen molar-refractivity contribution in [1.82, 2.24) is 9.97 Å². The summed E-state index contributed by atoms with van der Waals surface area (Å²) < 4.78 is 14.2. The fourth-order valence-corrected chi connectivity index (χ4v) is 3.12. The molecule has 0 amide bonds. The second-order valence-electron chi connectivity index (χ2n) is 5.39. The van der Waals surface area contributed by atoms with E-state index in [2.05, 4.69) is 15.3 Å². The van der Waals surface area contributed by atoms with Crippen LogP contribution in [0.2, 0.25) is 0 Å². The topological polar surface area (TPSA) is 37.8 Å². The van der Waals surface area contributed by atoms with Crippen LogP contribution in [0.1, 0.15) is 31.2 Å². The number of anilines is 1. The minimum atomic E-state index is -0.134. The molecule has 2 aromatic rings. The maximum atomic E-state index is 14.2. The standard InChI is InChI=1S/C16H18FN3/c17-14-7-2-1-6-13(14)16(8-3-4-9-16)12-20-15-18-10-5-11-19-15/h1-2,5-7,10-11H,3-4,8-9,12H2,(H,18,19,20). The Morgan fingerprint density at radius 2 is 1.75 bits per heavy atom. The minimum absolute atomic E-state index is 0.106. The van der Waals surface area contributed by atoms with E-state index in [4.69, 9.17) is 0 Å². The highest BCUT2D eigenvalue weighted by molar-refractivity contribution is 5.33. The van der Waals surface area contributed by atoms with Crippen LogP contribution in [0.3, 0.4) is 0 Å². The molecule has 3 nitrogen and oxygen atoms in total. The Morgan fingerprint density at radius 1 is 1.05 bits per heavy atom. The smallest absolute Gasteiger partial charge is 0.222 e. The summed E-state index contributed by atoms with van der Waals surface area (Å²) in [4.78, 5) is 8.34. The second kappa shape index (κ2) is 5.57. The van der Waals surface area contributed by atoms with Crippen molar-refractivity contribution in [3.63, 3.8) is 0 Å². The van der Waals surface area contributed by atoms with Crippen LogP contribution in [-0.2, 0) is 5.41 Å². The molecule has 1 aliphatic carbocycles. The summed E-state index contributed by atoms with van der Waals surface area (Å²) in [5, 5.41) is 3.26. The minimum Gasteiger partial charge on any atom is -0.353 e. The van der Waals surface area contributed by atoms with E-state index < -0.39 is 0 Å². The summed E-state index contributed by atoms with van der Waals surface area (Å²) in [6.45, 7) is 0.679. The third-order valence-corrected chi connectivity index (χ3v) is 4.16. The highest BCUT2D eigenvalue weighted by atomic mass is 19.1. The first-order valence-electron chi connectivity index (χ1n) is 7.06. The zero-order valence-electron chi connectivity index (χ0n) is 11.3. The number of aromatic nitrogens is 2. The molecule has 0 bridgehead atoms. The molecule has 104 valence electrons. The summed E-state index contributed by atoms with van der Waals surface area (Å²) in [5.74, 6) is 0.500. The van der Waals surface area contributed by atoms with Gasteiger partial charge in [0.15, 0.2) is 0 Å². The molecule has 3 rings (SSSR count). The first-order valence-corrected chi connectivity index (χ1v) is 7.06. The summed E-state index contributed by atoms with van der Waals surface area (Å²) in [5.41, 5.74) is 0.686. The van der Waals surface area contributed by atoms with Crippen molar-refractivity contribution in [2.24, 2.45) is 0 Å². The maximum Gasteiger partial charge on any atom is 0.222 e. The Morgan fingerprint density at radius 3 is 2.45 bits per heavy atom. The van der Waals surface area contributed by atoms with Crippen LogP contribution in [0.5, 0.6) is 0 Å². The first-order chi connectivity index (χ1) is 9.80. The van der Waals surface area contributed by atoms with Gasteiger partial charge in [0, 0.05) is 24.4 Å². The molecule has 0 saturated heterocycles. The van der Waals surface area contributed by atoms with E-state index in [9.17, 15) is 4.39 Å². The highest BCUT2D eigenvalue weighted by Crippen LogP contribution is 2.42. The zero-order valence-corrected chi connectivity index (χ0v) is 11.3. The third kappa shape index (κ3) is 2.50. The molecule has 0 radical (unpaired) electrons. The van der Waals surface area contributed by atoms with Crippen LogP contribution in [0.15, 0.2) is 42.7 Å². The molecular weight excluding hydrogens is 253 g/mol. The van der Waals surface area contributed by atoms with Gasteiger partial charge in [0.25, 0.3) is 0 Å². The van der Waals surface area contributed by atoms with Crippen molar-refractivity contribution in [3.8, 4) is 0 Å². The van der Waals surface area contributed by atoms with Gasteiger partial charge in [0.1, 0.15) is 5.82 Å². The molecule has 1 aromatic heterocycles. The van der Waals surface area contributed by atoms with Crippen molar-refractivity contribution in [1.29, 1.82) is 0 Å². The van der Waals surface area contributed by atoms with E-state index in [-0.39, 0.29) is 11.2 Å². The van der Waals surface area contributed by atoms with Crippen LogP contribution in [0.4, 0.5) is 10.3 Å². The van der Waals surface area contributed by atoms with E-state index in [1.54, 1.807) is 30.6 Å². The number of halogens is 1. The Kier molecular flexibility index (Phi) is 3.63. The molecule has 1 aromatic carbocycles. The third-order valence-electron chi connectivity index (χ3n) is 4.16. The van der Waals surface area contributed by atoms with Crippen LogP contribution in [0.25, 0.3) is 0 Å². The number of hydrogen-bond donors (Lipinski definition) is 1. The molecule has 0 aliphatic heterocycles. The van der Waals surface area contributed by atoms with Crippen LogP contribution < -0.4 is 5.32 Å². The molecular formula is C16H18FN3. The normalized spacial score (nSPS) is 17.1. The Balaban J connectivity index is 1.84. The van der Waals surface area contributed by atoms with E-state index in [1.807, 2.05) is 12.1 Å². The monoisotopic (exact) mass is 271 g/mol. The predicted octanol–water partition coefficient (Wildman–Crippen LogP) is 3.54. The van der Waals surface area contributed by atoms with Crippen molar-refractivity contribution < 1.29 is 4.39 Å². The molecule has 0 unspecified atom stereocenters. The summed E-state index contributed by atoms with van der Waals surface area (Å²) in [7, 11) is 0. The predicted molar refractivity (Wildman–Crippen MR) is 77.1 cm³/mol. The molecule has 4 heteroatoms. The van der Waals surface area contributed by atoms with Gasteiger partial charge in [-0.15, -0.1) is 0 Å². The largest absolute Gasteiger partial charge is 0.353 e. The van der Waals surface area contributed by atoms with Crippen LogP contribution in [0, 0.1) is 5.82 Å². The molecule has 1 heterocycles. The summed E-state index contributed by atoms with van der Waals surface area (Å²) >= 11 is 0. The van der Waals surface area contributed by atoms with Gasteiger partial charge >= 0.3 is 0 Å². The van der Waals surface area contributed by atoms with E-state index in [0.717, 1.165) is 31.2 Å². The van der Waals surface area contributed by atoms with Gasteiger partial charge < -0.3 is 5.32 Å². The fourth-order valence-electron chi connectivity index (χ4n) is 3.12. The Bertz CT molecular complexity index is 565. The lowest BCUT2D eigenvalue weighted by atomic mass is 9.78. The lowest BCUT2D eigenvalue weighted by Gasteiger charge is -2.30. The molecule has 1 aliphatic rings. The van der Waals surface area contributed by atoms with Gasteiger partial charge in [-0.05, 0) is 30.5 Å². The van der Waals surface area contributed by atoms with E-state index >= 15 is 0 Å². The first kappa shape index (κ1) is 13.0. The van der Waals surface area contributed by atoms with Gasteiger partial charge in [0.05, 0.1) is 0 Å². The van der Waals surface area contributed by atoms with Gasteiger partial charge in [-0.1, -0.05) is 31.0 Å². The zero-order chi connectivity index (χ0) is 13.8. The van der Waals surface area contributed by atoms with Crippen molar-refractivity contribution in [3.05, 3.63) is 54.1 Å². The highest BCUT2D eigenvalue weighted by Gasteiger charge is 2.37. The van der Waals surface area contributed by atoms with Gasteiger partial charge in [-0.3, -0.25) is 0 Å². The molecule has 0 atom stereocenters. The summed E-state index contributed by atoms with van der Waals surface area (Å²) in [6, 6.07) is 8.91. The summed E-state index contributed by atoms with van der Waals surface area (Å²) in [6.07, 6.45) is 7.72. The van der Waals surface area contributed by atoms with Gasteiger partial charge in [-0.2, -0.15) is 0 Å². The number of hydrogen-bond acceptors (Lipinski definition) is 3. The van der Waals surface area contributed by atoms with Gasteiger partial charge in [-0.25, -0.2) is 14.4 Å². The van der Waals surface area contributed by atoms with E-state index in [0.29, 0.717) is 12.5 Å². The Hall–Kier alpha value is -1.97. The molecule has 0 spiro atoms. The quantitative estimate of drug-likeness (QED) is 0.924. The van der Waals surface area contributed by atoms with Gasteiger partial charge in [0.2, 0.25) is 5.95 Å². The molecule has 1 saturated carbocycles. The number of nitrogens with one attached hydrogen (secondary N) is 1. The average molecular weight is 271 g/mol. The number of nitrogens with zero attached hydrogens (tertiary/aromatic N) is 2. The van der Waals surface area contributed by atoms with Crippen molar-refractivity contribution >= 4 is 5.95 Å². The second-order valence-corrected chi connectivity index (χ2v) is 5.39. The van der Waals surface area contributed by atoms with Crippen LogP contribution >= 0.6 is 0 Å². The number of benzene rings is 1.